The summed E-state index contributed by atoms with van der Waals surface area (Å²) in [5, 5.41) is 15.6. The number of hydrogen-bond donors (Lipinski definition) is 3. The van der Waals surface area contributed by atoms with E-state index in [1.807, 2.05) is 0 Å². The molecule has 1 aromatic heterocycles. The highest BCUT2D eigenvalue weighted by Gasteiger charge is 2.24. The first-order valence-corrected chi connectivity index (χ1v) is 6.55. The fraction of sp³-hybridized carbons (Fsp3) is 0.556. The Kier molecular flexibility index (Phi) is 4.43. The van der Waals surface area contributed by atoms with Gasteiger partial charge < -0.3 is 9.84 Å². The number of aliphatic hydroxyl groups is 1. The summed E-state index contributed by atoms with van der Waals surface area (Å²) in [5.41, 5.74) is 0.695. The van der Waals surface area contributed by atoms with Gasteiger partial charge in [-0.25, -0.2) is 17.9 Å². The Bertz CT molecular complexity index is 517. The molecular formula is C9H15N3O5S. The number of methoxy groups -OCH3 is 1. The van der Waals surface area contributed by atoms with Crippen molar-refractivity contribution in [1.82, 2.24) is 14.9 Å². The van der Waals surface area contributed by atoms with E-state index in [2.05, 4.69) is 19.7 Å². The first-order chi connectivity index (χ1) is 8.29. The summed E-state index contributed by atoms with van der Waals surface area (Å²) in [5.74, 6) is -0.904. The maximum Gasteiger partial charge on any atom is 0.336 e. The normalized spacial score (nSPS) is 13.3. The molecule has 0 aliphatic rings. The first-order valence-electron chi connectivity index (χ1n) is 5.06. The van der Waals surface area contributed by atoms with Crippen molar-refractivity contribution >= 4 is 16.0 Å². The van der Waals surface area contributed by atoms with Crippen LogP contribution in [0.25, 0.3) is 0 Å². The van der Waals surface area contributed by atoms with Crippen LogP contribution in [0.5, 0.6) is 0 Å². The third kappa shape index (κ3) is 3.06. The number of H-pyrrole nitrogens is 1. The monoisotopic (exact) mass is 277 g/mol. The van der Waals surface area contributed by atoms with Crippen LogP contribution < -0.4 is 4.72 Å². The van der Waals surface area contributed by atoms with Gasteiger partial charge in [-0.15, -0.1) is 0 Å². The van der Waals surface area contributed by atoms with Gasteiger partial charge in [0.2, 0.25) is 10.0 Å². The molecule has 0 aromatic carbocycles. The van der Waals surface area contributed by atoms with Gasteiger partial charge in [-0.3, -0.25) is 5.10 Å². The van der Waals surface area contributed by atoms with Crippen molar-refractivity contribution in [2.75, 3.05) is 13.7 Å². The van der Waals surface area contributed by atoms with Gasteiger partial charge in [0, 0.05) is 6.54 Å². The molecule has 0 bridgehead atoms. The third-order valence-electron chi connectivity index (χ3n) is 2.27. The Morgan fingerprint density at radius 3 is 2.61 bits per heavy atom. The zero-order chi connectivity index (χ0) is 13.9. The summed E-state index contributed by atoms with van der Waals surface area (Å²) in [6.07, 6.45) is -1.54. The zero-order valence-corrected chi connectivity index (χ0v) is 11.0. The van der Waals surface area contributed by atoms with Crippen molar-refractivity contribution < 1.29 is 23.1 Å². The van der Waals surface area contributed by atoms with Crippen LogP contribution in [-0.4, -0.2) is 49.4 Å². The van der Waals surface area contributed by atoms with Gasteiger partial charge in [0.25, 0.3) is 0 Å². The van der Waals surface area contributed by atoms with Crippen molar-refractivity contribution in [3.63, 3.8) is 0 Å². The number of carbonyl (C=O) groups is 1. The molecule has 0 saturated carbocycles. The molecule has 0 amide bonds. The molecule has 18 heavy (non-hydrogen) atoms. The fourth-order valence-corrected chi connectivity index (χ4v) is 2.82. The first kappa shape index (κ1) is 14.6. The quantitative estimate of drug-likeness (QED) is 0.584. The number of aromatic nitrogens is 2. The summed E-state index contributed by atoms with van der Waals surface area (Å²) in [6.45, 7) is 2.64. The lowest BCUT2D eigenvalue weighted by Gasteiger charge is -2.10. The van der Waals surface area contributed by atoms with Crippen LogP contribution in [0.1, 0.15) is 11.4 Å². The summed E-state index contributed by atoms with van der Waals surface area (Å²) in [6, 6.07) is 0. The van der Waals surface area contributed by atoms with E-state index in [4.69, 9.17) is 0 Å². The highest BCUT2D eigenvalue weighted by Crippen LogP contribution is 2.15. The minimum Gasteiger partial charge on any atom is -0.467 e. The lowest BCUT2D eigenvalue weighted by molar-refractivity contribution is -0.149. The number of esters is 1. The van der Waals surface area contributed by atoms with Crippen LogP contribution in [0.15, 0.2) is 4.90 Å². The predicted octanol–water partition coefficient (Wildman–Crippen LogP) is -1.16. The van der Waals surface area contributed by atoms with Gasteiger partial charge in [0.1, 0.15) is 4.90 Å². The molecule has 0 radical (unpaired) electrons. The second-order valence-electron chi connectivity index (χ2n) is 3.65. The minimum atomic E-state index is -3.83. The van der Waals surface area contributed by atoms with E-state index in [0.717, 1.165) is 7.11 Å². The molecule has 1 atom stereocenters. The van der Waals surface area contributed by atoms with Crippen LogP contribution in [-0.2, 0) is 19.6 Å². The Labute approximate surface area is 104 Å². The van der Waals surface area contributed by atoms with Crippen molar-refractivity contribution in [3.8, 4) is 0 Å². The molecule has 1 unspecified atom stereocenters. The molecule has 0 saturated heterocycles. The van der Waals surface area contributed by atoms with Gasteiger partial charge in [-0.2, -0.15) is 5.10 Å². The maximum atomic E-state index is 11.9. The number of carbonyl (C=O) groups excluding carboxylic acids is 1. The van der Waals surface area contributed by atoms with Gasteiger partial charge in [0.05, 0.1) is 18.5 Å². The number of hydrogen-bond acceptors (Lipinski definition) is 6. The molecule has 102 valence electrons. The molecular weight excluding hydrogens is 262 g/mol. The average Bonchev–Trinajstić information content (AvgIpc) is 2.65. The zero-order valence-electron chi connectivity index (χ0n) is 10.2. The van der Waals surface area contributed by atoms with Gasteiger partial charge in [-0.1, -0.05) is 0 Å². The van der Waals surface area contributed by atoms with E-state index >= 15 is 0 Å². The molecule has 1 aromatic rings. The van der Waals surface area contributed by atoms with E-state index in [0.29, 0.717) is 11.4 Å². The summed E-state index contributed by atoms with van der Waals surface area (Å²) in [7, 11) is -2.73. The molecule has 3 N–H and O–H groups in total. The number of rotatable bonds is 5. The van der Waals surface area contributed by atoms with Crippen molar-refractivity contribution in [3.05, 3.63) is 11.4 Å². The number of aryl methyl sites for hydroxylation is 2. The van der Waals surface area contributed by atoms with Crippen LogP contribution >= 0.6 is 0 Å². The van der Waals surface area contributed by atoms with E-state index in [-0.39, 0.29) is 4.90 Å². The number of nitrogens with zero attached hydrogens (tertiary/aromatic N) is 1. The molecule has 9 heteroatoms. The Morgan fingerprint density at radius 1 is 1.56 bits per heavy atom. The highest BCUT2D eigenvalue weighted by atomic mass is 32.2. The van der Waals surface area contributed by atoms with Crippen LogP contribution in [0, 0.1) is 13.8 Å². The maximum absolute atomic E-state index is 11.9. The molecule has 8 nitrogen and oxygen atoms in total. The second-order valence-corrected chi connectivity index (χ2v) is 5.36. The SMILES string of the molecule is COC(=O)C(O)CNS(=O)(=O)c1c(C)n[nH]c1C. The minimum absolute atomic E-state index is 0.0135. The van der Waals surface area contributed by atoms with Gasteiger partial charge in [0.15, 0.2) is 6.10 Å². The largest absolute Gasteiger partial charge is 0.467 e. The Hall–Kier alpha value is -1.45. The van der Waals surface area contributed by atoms with E-state index in [1.165, 1.54) is 6.92 Å². The summed E-state index contributed by atoms with van der Waals surface area (Å²) >= 11 is 0. The topological polar surface area (TPSA) is 121 Å². The van der Waals surface area contributed by atoms with E-state index in [9.17, 15) is 18.3 Å². The average molecular weight is 277 g/mol. The molecule has 0 aliphatic carbocycles. The van der Waals surface area contributed by atoms with Crippen LogP contribution in [0.4, 0.5) is 0 Å². The number of aliphatic hydroxyl groups excluding tert-OH is 1. The number of sulfonamides is 1. The highest BCUT2D eigenvalue weighted by molar-refractivity contribution is 7.89. The molecule has 0 spiro atoms. The van der Waals surface area contributed by atoms with E-state index in [1.54, 1.807) is 6.92 Å². The Morgan fingerprint density at radius 2 is 2.17 bits per heavy atom. The van der Waals surface area contributed by atoms with Crippen molar-refractivity contribution in [1.29, 1.82) is 0 Å². The summed E-state index contributed by atoms with van der Waals surface area (Å²) < 4.78 is 30.2. The smallest absolute Gasteiger partial charge is 0.336 e. The number of ether oxygens (including phenoxy) is 1. The Balaban J connectivity index is 2.81. The lowest BCUT2D eigenvalue weighted by atomic mass is 10.4. The van der Waals surface area contributed by atoms with Crippen LogP contribution in [0.2, 0.25) is 0 Å². The van der Waals surface area contributed by atoms with Crippen LogP contribution in [0.3, 0.4) is 0 Å². The molecule has 0 fully saturated rings. The van der Waals surface area contributed by atoms with E-state index < -0.39 is 28.6 Å². The van der Waals surface area contributed by atoms with Gasteiger partial charge in [-0.05, 0) is 13.8 Å². The predicted molar refractivity (Wildman–Crippen MR) is 61.3 cm³/mol. The number of nitrogens with one attached hydrogen (secondary N) is 2. The number of aromatic amines is 1. The fourth-order valence-electron chi connectivity index (χ4n) is 1.42. The van der Waals surface area contributed by atoms with Gasteiger partial charge >= 0.3 is 5.97 Å². The second kappa shape index (κ2) is 5.46. The van der Waals surface area contributed by atoms with Crippen molar-refractivity contribution in [2.24, 2.45) is 0 Å². The summed E-state index contributed by atoms with van der Waals surface area (Å²) in [4.78, 5) is 10.9. The lowest BCUT2D eigenvalue weighted by Crippen LogP contribution is -2.37. The molecule has 0 aliphatic heterocycles. The van der Waals surface area contributed by atoms with Crippen molar-refractivity contribution in [2.45, 2.75) is 24.8 Å². The molecule has 1 rings (SSSR count). The molecule has 1 heterocycles. The third-order valence-corrected chi connectivity index (χ3v) is 3.95. The standard InChI is InChI=1S/C9H15N3O5S/c1-5-8(6(2)12-11-5)18(15,16)10-4-7(13)9(14)17-3/h7,10,13H,4H2,1-3H3,(H,11,12).